The third-order valence-corrected chi connectivity index (χ3v) is 8.67. The lowest BCUT2D eigenvalue weighted by molar-refractivity contribution is -0.0261. The lowest BCUT2D eigenvalue weighted by Crippen LogP contribution is -2.64. The number of nitrogens with one attached hydrogen (secondary N) is 1. The summed E-state index contributed by atoms with van der Waals surface area (Å²) in [5.41, 5.74) is 6.61. The third kappa shape index (κ3) is 2.83. The highest BCUT2D eigenvalue weighted by Gasteiger charge is 2.57. The van der Waals surface area contributed by atoms with E-state index in [1.54, 1.807) is 6.33 Å². The second-order valence-corrected chi connectivity index (χ2v) is 11.9. The topological polar surface area (TPSA) is 75.0 Å². The molecule has 1 aliphatic carbocycles. The number of carbonyl (C=O) groups is 1. The Balaban J connectivity index is 1.43. The Kier molecular flexibility index (Phi) is 4.22. The van der Waals surface area contributed by atoms with Gasteiger partial charge in [0, 0.05) is 29.0 Å². The Labute approximate surface area is 199 Å². The summed E-state index contributed by atoms with van der Waals surface area (Å²) < 4.78 is 6.18. The highest BCUT2D eigenvalue weighted by Crippen LogP contribution is 2.56. The molecule has 0 radical (unpaired) electrons. The van der Waals surface area contributed by atoms with Crippen LogP contribution >= 0.6 is 0 Å². The molecule has 4 aromatic rings. The number of imidazole rings is 1. The second kappa shape index (κ2) is 6.71. The van der Waals surface area contributed by atoms with Gasteiger partial charge in [0.15, 0.2) is 5.58 Å². The van der Waals surface area contributed by atoms with Crippen LogP contribution in [0.1, 0.15) is 75.3 Å². The maximum Gasteiger partial charge on any atom is 0.254 e. The van der Waals surface area contributed by atoms with Crippen LogP contribution in [0.5, 0.6) is 0 Å². The first-order valence-electron chi connectivity index (χ1n) is 12.2. The quantitative estimate of drug-likeness (QED) is 0.395. The van der Waals surface area contributed by atoms with Gasteiger partial charge >= 0.3 is 0 Å². The normalized spacial score (nSPS) is 23.9. The van der Waals surface area contributed by atoms with Crippen LogP contribution in [0.4, 0.5) is 0 Å². The fourth-order valence-corrected chi connectivity index (χ4v) is 6.13. The van der Waals surface area contributed by atoms with Gasteiger partial charge in [0.05, 0.1) is 17.4 Å². The van der Waals surface area contributed by atoms with Crippen molar-refractivity contribution in [1.82, 2.24) is 19.9 Å². The van der Waals surface area contributed by atoms with Gasteiger partial charge in [-0.3, -0.25) is 4.79 Å². The molecule has 2 aliphatic rings. The van der Waals surface area contributed by atoms with E-state index in [4.69, 9.17) is 9.40 Å². The molecule has 2 atom stereocenters. The summed E-state index contributed by atoms with van der Waals surface area (Å²) in [4.78, 5) is 28.1. The number of fused-ring (bicyclic) bond motifs is 6. The van der Waals surface area contributed by atoms with Crippen molar-refractivity contribution in [2.24, 2.45) is 5.41 Å². The minimum absolute atomic E-state index is 0.0512. The predicted octanol–water partition coefficient (Wildman–Crippen LogP) is 5.76. The summed E-state index contributed by atoms with van der Waals surface area (Å²) in [7, 11) is 0. The minimum atomic E-state index is -0.141. The van der Waals surface area contributed by atoms with Crippen molar-refractivity contribution in [3.8, 4) is 0 Å². The average molecular weight is 457 g/mol. The van der Waals surface area contributed by atoms with Crippen LogP contribution in [0.25, 0.3) is 22.1 Å². The molecule has 3 heterocycles. The number of aromatic amines is 1. The molecule has 1 aliphatic heterocycles. The number of amides is 1. The molecule has 2 bridgehead atoms. The fourth-order valence-electron chi connectivity index (χ4n) is 6.13. The van der Waals surface area contributed by atoms with Crippen LogP contribution < -0.4 is 0 Å². The summed E-state index contributed by atoms with van der Waals surface area (Å²) in [5, 5.41) is 0. The van der Waals surface area contributed by atoms with Crippen LogP contribution in [-0.2, 0) is 17.3 Å². The zero-order valence-electron chi connectivity index (χ0n) is 20.8. The first-order valence-corrected chi connectivity index (χ1v) is 12.2. The molecule has 1 fully saturated rings. The van der Waals surface area contributed by atoms with Crippen LogP contribution in [0, 0.1) is 5.41 Å². The van der Waals surface area contributed by atoms with Crippen LogP contribution in [-0.4, -0.2) is 38.3 Å². The van der Waals surface area contributed by atoms with Crippen LogP contribution in [0.2, 0.25) is 0 Å². The first kappa shape index (κ1) is 21.4. The molecule has 1 N–H and O–H groups in total. The van der Waals surface area contributed by atoms with Crippen molar-refractivity contribution in [2.45, 2.75) is 71.3 Å². The number of piperidine rings is 1. The van der Waals surface area contributed by atoms with Crippen molar-refractivity contribution in [1.29, 1.82) is 0 Å². The van der Waals surface area contributed by atoms with E-state index in [2.05, 4.69) is 68.5 Å². The Morgan fingerprint density at radius 2 is 1.94 bits per heavy atom. The molecule has 1 saturated heterocycles. The molecule has 0 saturated carbocycles. The largest absolute Gasteiger partial charge is 0.440 e. The first-order chi connectivity index (χ1) is 16.0. The summed E-state index contributed by atoms with van der Waals surface area (Å²) >= 11 is 0. The van der Waals surface area contributed by atoms with Crippen LogP contribution in [0.3, 0.4) is 0 Å². The summed E-state index contributed by atoms with van der Waals surface area (Å²) in [6.45, 7) is 14.1. The number of carbonyl (C=O) groups excluding carboxylic acids is 1. The molecule has 0 spiro atoms. The van der Waals surface area contributed by atoms with Crippen LogP contribution in [0.15, 0.2) is 41.1 Å². The van der Waals surface area contributed by atoms with Gasteiger partial charge in [-0.1, -0.05) is 41.5 Å². The number of benzene rings is 2. The predicted molar refractivity (Wildman–Crippen MR) is 133 cm³/mol. The molecular weight excluding hydrogens is 424 g/mol. The number of nitrogens with zero attached hydrogens (tertiary/aromatic N) is 3. The molecule has 2 aromatic heterocycles. The highest BCUT2D eigenvalue weighted by atomic mass is 16.3. The zero-order chi connectivity index (χ0) is 24.0. The molecule has 176 valence electrons. The van der Waals surface area contributed by atoms with E-state index in [0.29, 0.717) is 5.56 Å². The van der Waals surface area contributed by atoms with Crippen molar-refractivity contribution in [3.05, 3.63) is 59.2 Å². The Hall–Kier alpha value is -3.15. The summed E-state index contributed by atoms with van der Waals surface area (Å²) in [6.07, 6.45) is 3.40. The molecule has 34 heavy (non-hydrogen) atoms. The van der Waals surface area contributed by atoms with E-state index >= 15 is 0 Å². The molecule has 0 unspecified atom stereocenters. The molecule has 2 aromatic carbocycles. The molecular formula is C28H32N4O2. The lowest BCUT2D eigenvalue weighted by atomic mass is 9.51. The van der Waals surface area contributed by atoms with E-state index in [-0.39, 0.29) is 28.2 Å². The Bertz CT molecular complexity index is 1450. The zero-order valence-corrected chi connectivity index (χ0v) is 20.8. The molecule has 6 nitrogen and oxygen atoms in total. The van der Waals surface area contributed by atoms with Gasteiger partial charge in [-0.2, -0.15) is 0 Å². The SMILES string of the molecule is CC(C)(C)c1nc2cc3c(cc2o1)C[C@H]1N(C(=O)c2ccc4nc[nH]c4c2)CC[C@]3(C)C1(C)C. The van der Waals surface area contributed by atoms with E-state index in [9.17, 15) is 4.79 Å². The van der Waals surface area contributed by atoms with E-state index in [1.807, 2.05) is 18.2 Å². The van der Waals surface area contributed by atoms with Crippen molar-refractivity contribution >= 4 is 28.0 Å². The standard InChI is InChI=1S/C28H32N4O2/c1-26(2,3)25-31-21-14-18-17(12-22(21)34-25)13-23-27(4,5)28(18,6)9-10-32(23)24(33)16-7-8-19-20(11-16)30-15-29-19/h7-8,11-12,14-15,23H,9-10,13H2,1-6H3,(H,29,30)/t23-,28+/m1/s1. The average Bonchev–Trinajstić information content (AvgIpc) is 3.41. The number of aromatic nitrogens is 3. The summed E-state index contributed by atoms with van der Waals surface area (Å²) in [5.74, 6) is 0.860. The maximum atomic E-state index is 13.8. The Morgan fingerprint density at radius 3 is 2.71 bits per heavy atom. The number of rotatable bonds is 1. The number of H-pyrrole nitrogens is 1. The highest BCUT2D eigenvalue weighted by molar-refractivity contribution is 5.97. The molecule has 6 rings (SSSR count). The maximum absolute atomic E-state index is 13.8. The summed E-state index contributed by atoms with van der Waals surface area (Å²) in [6, 6.07) is 10.3. The third-order valence-electron chi connectivity index (χ3n) is 8.67. The molecule has 6 heteroatoms. The number of oxazole rings is 1. The van der Waals surface area contributed by atoms with Gasteiger partial charge < -0.3 is 14.3 Å². The lowest BCUT2D eigenvalue weighted by Gasteiger charge is -2.60. The van der Waals surface area contributed by atoms with Gasteiger partial charge in [-0.05, 0) is 59.7 Å². The number of hydrogen-bond acceptors (Lipinski definition) is 4. The minimum Gasteiger partial charge on any atom is -0.440 e. The smallest absolute Gasteiger partial charge is 0.254 e. The molecule has 1 amide bonds. The number of hydrogen-bond donors (Lipinski definition) is 1. The number of likely N-dealkylation sites (tertiary alicyclic amines) is 1. The second-order valence-electron chi connectivity index (χ2n) is 11.9. The van der Waals surface area contributed by atoms with Crippen molar-refractivity contribution < 1.29 is 9.21 Å². The van der Waals surface area contributed by atoms with E-state index in [0.717, 1.165) is 47.4 Å². The fraction of sp³-hybridized carbons (Fsp3) is 0.464. The monoisotopic (exact) mass is 456 g/mol. The van der Waals surface area contributed by atoms with Gasteiger partial charge in [0.1, 0.15) is 5.52 Å². The Morgan fingerprint density at radius 1 is 1.15 bits per heavy atom. The van der Waals surface area contributed by atoms with Gasteiger partial charge in [-0.25, -0.2) is 9.97 Å². The van der Waals surface area contributed by atoms with Gasteiger partial charge in [0.25, 0.3) is 5.91 Å². The van der Waals surface area contributed by atoms with Gasteiger partial charge in [0.2, 0.25) is 5.89 Å². The van der Waals surface area contributed by atoms with E-state index in [1.165, 1.54) is 11.1 Å². The van der Waals surface area contributed by atoms with Gasteiger partial charge in [-0.15, -0.1) is 0 Å². The van der Waals surface area contributed by atoms with Crippen molar-refractivity contribution in [3.63, 3.8) is 0 Å². The van der Waals surface area contributed by atoms with E-state index < -0.39 is 0 Å². The van der Waals surface area contributed by atoms with Crippen molar-refractivity contribution in [2.75, 3.05) is 6.54 Å².